The van der Waals surface area contributed by atoms with Gasteiger partial charge >= 0.3 is 6.09 Å². The van der Waals surface area contributed by atoms with Gasteiger partial charge in [0.15, 0.2) is 0 Å². The number of benzene rings is 3. The van der Waals surface area contributed by atoms with Gasteiger partial charge in [-0.15, -0.1) is 0 Å². The molecule has 3 N–H and O–H groups in total. The maximum atomic E-state index is 14.6. The molecule has 3 aromatic carbocycles. The van der Waals surface area contributed by atoms with Gasteiger partial charge in [0.1, 0.15) is 17.7 Å². The molecule has 2 aromatic heterocycles. The molecule has 1 saturated carbocycles. The maximum Gasteiger partial charge on any atom is 0.407 e. The number of methoxy groups -OCH3 is 1. The highest BCUT2D eigenvalue weighted by Crippen LogP contribution is 2.58. The molecule has 1 spiro atoms. The monoisotopic (exact) mass is 849 g/mol. The minimum absolute atomic E-state index is 0.101. The van der Waals surface area contributed by atoms with Crippen molar-refractivity contribution in [1.29, 1.82) is 0 Å². The number of carbonyl (C=O) groups is 3. The third kappa shape index (κ3) is 9.23. The SMILES string of the molecule is COC(=O)N[C@H](C(=O)N1CCC[C@@H]1c1ncc(-c2ccc(-c3ccc(-c4nc5[nH]c4COCCC/C=C/C[C@@H](Cc4ccccc4)C(=O)N4CC6(CC6)C[C@@H]54)cc3)cc2)[nH]1)C(C)C. The van der Waals surface area contributed by atoms with E-state index in [1.165, 1.54) is 12.7 Å². The van der Waals surface area contributed by atoms with Gasteiger partial charge in [-0.1, -0.05) is 105 Å². The summed E-state index contributed by atoms with van der Waals surface area (Å²) in [5.74, 6) is 1.46. The Morgan fingerprint density at radius 2 is 1.63 bits per heavy atom. The summed E-state index contributed by atoms with van der Waals surface area (Å²) < 4.78 is 11.0. The van der Waals surface area contributed by atoms with Crippen molar-refractivity contribution in [2.24, 2.45) is 17.3 Å². The van der Waals surface area contributed by atoms with Crippen LogP contribution in [0.2, 0.25) is 0 Å². The quantitative estimate of drug-likeness (QED) is 0.125. The Morgan fingerprint density at radius 3 is 2.35 bits per heavy atom. The number of aromatic amines is 2. The zero-order chi connectivity index (χ0) is 43.5. The molecule has 63 heavy (non-hydrogen) atoms. The maximum absolute atomic E-state index is 14.6. The zero-order valence-electron chi connectivity index (χ0n) is 36.6. The second-order valence-corrected chi connectivity index (χ2v) is 18.3. The Morgan fingerprint density at radius 1 is 0.905 bits per heavy atom. The number of likely N-dealkylation sites (tertiary alicyclic amines) is 1. The number of aromatic nitrogens is 4. The molecule has 5 heterocycles. The summed E-state index contributed by atoms with van der Waals surface area (Å²) in [7, 11) is 1.30. The van der Waals surface area contributed by atoms with E-state index in [1.807, 2.05) is 31.0 Å². The molecule has 2 bridgehead atoms. The van der Waals surface area contributed by atoms with Gasteiger partial charge in [0, 0.05) is 31.2 Å². The summed E-state index contributed by atoms with van der Waals surface area (Å²) in [6, 6.07) is 26.4. The summed E-state index contributed by atoms with van der Waals surface area (Å²) in [6.07, 6.45) is 13.8. The van der Waals surface area contributed by atoms with Gasteiger partial charge in [0.25, 0.3) is 0 Å². The largest absolute Gasteiger partial charge is 0.453 e. The van der Waals surface area contributed by atoms with E-state index in [4.69, 9.17) is 19.4 Å². The highest BCUT2D eigenvalue weighted by molar-refractivity contribution is 5.86. The van der Waals surface area contributed by atoms with Crippen molar-refractivity contribution in [3.63, 3.8) is 0 Å². The van der Waals surface area contributed by atoms with E-state index in [2.05, 4.69) is 105 Å². The Bertz CT molecular complexity index is 2420. The van der Waals surface area contributed by atoms with E-state index in [-0.39, 0.29) is 41.1 Å². The molecule has 4 aliphatic rings. The number of hydrogen-bond acceptors (Lipinski definition) is 7. The van der Waals surface area contributed by atoms with Crippen molar-refractivity contribution in [3.05, 3.63) is 120 Å². The number of H-pyrrole nitrogens is 2. The number of ether oxygens (including phenoxy) is 2. The van der Waals surface area contributed by atoms with Crippen LogP contribution < -0.4 is 5.32 Å². The molecular formula is C51H59N7O5. The van der Waals surface area contributed by atoms with E-state index in [0.717, 1.165) is 115 Å². The summed E-state index contributed by atoms with van der Waals surface area (Å²) in [6.45, 7) is 6.29. The Kier molecular flexibility index (Phi) is 12.3. The van der Waals surface area contributed by atoms with Gasteiger partial charge in [-0.25, -0.2) is 14.8 Å². The van der Waals surface area contributed by atoms with Gasteiger partial charge < -0.3 is 34.6 Å². The summed E-state index contributed by atoms with van der Waals surface area (Å²) in [4.78, 5) is 61.4. The van der Waals surface area contributed by atoms with Crippen LogP contribution >= 0.6 is 0 Å². The first-order valence-corrected chi connectivity index (χ1v) is 22.8. The number of amides is 3. The van der Waals surface area contributed by atoms with Gasteiger partial charge in [-0.3, -0.25) is 9.59 Å². The number of rotatable bonds is 9. The molecule has 12 heteroatoms. The smallest absolute Gasteiger partial charge is 0.407 e. The first-order chi connectivity index (χ1) is 30.7. The number of allylic oxidation sites excluding steroid dienone is 2. The van der Waals surface area contributed by atoms with E-state index < -0.39 is 12.1 Å². The van der Waals surface area contributed by atoms with Crippen LogP contribution in [0.25, 0.3) is 33.6 Å². The lowest BCUT2D eigenvalue weighted by Crippen LogP contribution is -2.51. The fourth-order valence-electron chi connectivity index (χ4n) is 9.77. The zero-order valence-corrected chi connectivity index (χ0v) is 36.6. The standard InChI is InChI=1S/C51H59N7O5/c1-33(2)44(56-50(61)62-3)49(60)57-26-11-15-42(57)46-52-30-40(53-46)37-20-16-35(17-21-37)36-18-22-38(23-19-36)45-41-31-63-27-10-5-4-9-14-39(28-34-12-7-6-8-13-34)48(59)58-32-51(24-25-51)29-43(58)47(54-41)55-45/h4,6-9,12-13,16-23,30,33,39,42-44H,5,10-11,14-15,24-29,31-32H2,1-3H3,(H,52,53)(H,54,55)(H,56,61)/b9-4+/t39-,42+,43-,44-/m0/s1. The molecule has 3 aliphatic heterocycles. The fraction of sp³-hybridized carbons (Fsp3) is 0.431. The molecule has 5 aromatic rings. The number of imidazole rings is 2. The summed E-state index contributed by atoms with van der Waals surface area (Å²) >= 11 is 0. The number of alkyl carbamates (subject to hydrolysis) is 1. The molecule has 1 aliphatic carbocycles. The molecule has 328 valence electrons. The Balaban J connectivity index is 0.921. The first kappa shape index (κ1) is 42.3. The number of fused-ring (bicyclic) bond motifs is 4. The van der Waals surface area contributed by atoms with Crippen LogP contribution in [0.5, 0.6) is 0 Å². The highest BCUT2D eigenvalue weighted by atomic mass is 16.5. The normalized spacial score (nSPS) is 22.0. The van der Waals surface area contributed by atoms with Gasteiger partial charge in [0.2, 0.25) is 11.8 Å². The van der Waals surface area contributed by atoms with E-state index >= 15 is 0 Å². The molecule has 12 nitrogen and oxygen atoms in total. The summed E-state index contributed by atoms with van der Waals surface area (Å²) in [5.41, 5.74) is 8.24. The fourth-order valence-corrected chi connectivity index (χ4v) is 9.77. The first-order valence-electron chi connectivity index (χ1n) is 22.8. The van der Waals surface area contributed by atoms with Crippen molar-refractivity contribution >= 4 is 17.9 Å². The molecule has 3 fully saturated rings. The number of nitrogens with one attached hydrogen (secondary N) is 3. The minimum atomic E-state index is -0.684. The van der Waals surface area contributed by atoms with Crippen LogP contribution in [0.15, 0.2) is 97.2 Å². The lowest BCUT2D eigenvalue weighted by atomic mass is 9.94. The third-order valence-electron chi connectivity index (χ3n) is 13.6. The lowest BCUT2D eigenvalue weighted by Gasteiger charge is -2.30. The van der Waals surface area contributed by atoms with Crippen LogP contribution in [-0.4, -0.2) is 80.5 Å². The van der Waals surface area contributed by atoms with Gasteiger partial charge in [0.05, 0.1) is 49.1 Å². The van der Waals surface area contributed by atoms with Crippen molar-refractivity contribution < 1.29 is 23.9 Å². The number of carbonyl (C=O) groups excluding carboxylic acids is 3. The second-order valence-electron chi connectivity index (χ2n) is 18.3. The van der Waals surface area contributed by atoms with Crippen molar-refractivity contribution in [2.45, 2.75) is 96.4 Å². The molecule has 9 rings (SSSR count). The lowest BCUT2D eigenvalue weighted by molar-refractivity contribution is -0.137. The minimum Gasteiger partial charge on any atom is -0.453 e. The van der Waals surface area contributed by atoms with Crippen LogP contribution in [0, 0.1) is 17.3 Å². The van der Waals surface area contributed by atoms with Crippen LogP contribution in [0.1, 0.15) is 100 Å². The average molecular weight is 850 g/mol. The van der Waals surface area contributed by atoms with Gasteiger partial charge in [-0.05, 0) is 91.4 Å². The number of hydrogen-bond donors (Lipinski definition) is 3. The summed E-state index contributed by atoms with van der Waals surface area (Å²) in [5, 5.41) is 2.72. The third-order valence-corrected chi connectivity index (χ3v) is 13.6. The van der Waals surface area contributed by atoms with Crippen molar-refractivity contribution in [2.75, 3.05) is 26.8 Å². The van der Waals surface area contributed by atoms with Gasteiger partial charge in [-0.2, -0.15) is 0 Å². The van der Waals surface area contributed by atoms with Crippen LogP contribution in [0.3, 0.4) is 0 Å². The molecule has 0 unspecified atom stereocenters. The van der Waals surface area contributed by atoms with Crippen molar-refractivity contribution in [3.8, 4) is 33.6 Å². The second kappa shape index (κ2) is 18.4. The highest BCUT2D eigenvalue weighted by Gasteiger charge is 2.55. The van der Waals surface area contributed by atoms with Crippen molar-refractivity contribution in [1.82, 2.24) is 35.1 Å². The molecule has 2 saturated heterocycles. The van der Waals surface area contributed by atoms with E-state index in [1.54, 1.807) is 0 Å². The van der Waals surface area contributed by atoms with Crippen LogP contribution in [-0.2, 0) is 32.1 Å². The molecular weight excluding hydrogens is 791 g/mol. The molecule has 3 amide bonds. The Hall–Kier alpha value is -6.01. The molecule has 0 radical (unpaired) electrons. The topological polar surface area (TPSA) is 146 Å². The predicted octanol–water partition coefficient (Wildman–Crippen LogP) is 9.35. The predicted molar refractivity (Wildman–Crippen MR) is 242 cm³/mol. The van der Waals surface area contributed by atoms with Crippen LogP contribution in [0.4, 0.5) is 4.79 Å². The van der Waals surface area contributed by atoms with E-state index in [0.29, 0.717) is 19.8 Å². The number of nitrogens with zero attached hydrogens (tertiary/aromatic N) is 4. The van der Waals surface area contributed by atoms with E-state index in [9.17, 15) is 14.4 Å². The Labute approximate surface area is 369 Å². The average Bonchev–Trinajstić information content (AvgIpc) is 3.79. The molecule has 4 atom stereocenters.